The lowest BCUT2D eigenvalue weighted by molar-refractivity contribution is -0.120. The molecule has 1 fully saturated rings. The number of benzene rings is 2. The lowest BCUT2D eigenvalue weighted by atomic mass is 9.79. The number of ether oxygens (including phenoxy) is 2. The van der Waals surface area contributed by atoms with Crippen LogP contribution in [0.15, 0.2) is 36.4 Å². The van der Waals surface area contributed by atoms with Gasteiger partial charge in [-0.15, -0.1) is 0 Å². The molecule has 0 N–H and O–H groups in total. The van der Waals surface area contributed by atoms with Crippen LogP contribution in [0, 0.1) is 5.92 Å². The first kappa shape index (κ1) is 22.7. The highest BCUT2D eigenvalue weighted by molar-refractivity contribution is 5.90. The van der Waals surface area contributed by atoms with E-state index in [2.05, 4.69) is 42.3 Å². The quantitative estimate of drug-likeness (QED) is 0.539. The number of carbonyl (C=O) groups excluding carboxylic acids is 1. The first-order valence-electron chi connectivity index (χ1n) is 12.1. The summed E-state index contributed by atoms with van der Waals surface area (Å²) in [6, 6.07) is 12.7. The summed E-state index contributed by atoms with van der Waals surface area (Å²) in [6.07, 6.45) is 8.08. The Morgan fingerprint density at radius 2 is 1.69 bits per heavy atom. The van der Waals surface area contributed by atoms with Crippen molar-refractivity contribution in [1.82, 2.24) is 0 Å². The van der Waals surface area contributed by atoms with Gasteiger partial charge in [-0.2, -0.15) is 0 Å². The zero-order chi connectivity index (χ0) is 22.7. The molecule has 0 heterocycles. The zero-order valence-corrected chi connectivity index (χ0v) is 20.0. The fourth-order valence-corrected chi connectivity index (χ4v) is 5.28. The van der Waals surface area contributed by atoms with E-state index in [9.17, 15) is 4.79 Å². The fourth-order valence-electron chi connectivity index (χ4n) is 5.28. The molecular formula is C28H37NO3. The molecule has 0 saturated heterocycles. The fraction of sp³-hybridized carbons (Fsp3) is 0.536. The molecule has 1 saturated carbocycles. The Hall–Kier alpha value is -2.49. The summed E-state index contributed by atoms with van der Waals surface area (Å²) in [4.78, 5) is 15.4. The van der Waals surface area contributed by atoms with Crippen molar-refractivity contribution < 1.29 is 14.3 Å². The second kappa shape index (κ2) is 9.97. The minimum Gasteiger partial charge on any atom is -0.493 e. The van der Waals surface area contributed by atoms with Crippen molar-refractivity contribution in [1.29, 1.82) is 0 Å². The van der Waals surface area contributed by atoms with Crippen LogP contribution in [0.2, 0.25) is 0 Å². The summed E-state index contributed by atoms with van der Waals surface area (Å²) in [5.41, 5.74) is 4.59. The van der Waals surface area contributed by atoms with Crippen molar-refractivity contribution in [2.24, 2.45) is 5.92 Å². The van der Waals surface area contributed by atoms with E-state index in [0.717, 1.165) is 29.3 Å². The molecule has 4 heteroatoms. The van der Waals surface area contributed by atoms with Gasteiger partial charge < -0.3 is 14.4 Å². The lowest BCUT2D eigenvalue weighted by Crippen LogP contribution is -2.27. The Kier molecular flexibility index (Phi) is 7.07. The van der Waals surface area contributed by atoms with Crippen LogP contribution in [-0.2, 0) is 17.6 Å². The van der Waals surface area contributed by atoms with Crippen molar-refractivity contribution in [2.45, 2.75) is 70.8 Å². The second-order valence-corrected chi connectivity index (χ2v) is 9.81. The molecule has 32 heavy (non-hydrogen) atoms. The van der Waals surface area contributed by atoms with Crippen LogP contribution in [-0.4, -0.2) is 32.6 Å². The SMILES string of the molecule is COc1cc2c(cc1OC(C)C)CC(c1ccc(N(C)CC3CCCCC3)cc1)C(=O)C2. The highest BCUT2D eigenvalue weighted by Crippen LogP contribution is 2.38. The summed E-state index contributed by atoms with van der Waals surface area (Å²) < 4.78 is 11.5. The Bertz CT molecular complexity index is 928. The third-order valence-electron chi connectivity index (χ3n) is 7.02. The summed E-state index contributed by atoms with van der Waals surface area (Å²) in [6.45, 7) is 5.14. The van der Waals surface area contributed by atoms with E-state index in [1.54, 1.807) is 7.11 Å². The topological polar surface area (TPSA) is 38.8 Å². The van der Waals surface area contributed by atoms with E-state index in [1.807, 2.05) is 19.9 Å². The van der Waals surface area contributed by atoms with Gasteiger partial charge in [0.25, 0.3) is 0 Å². The molecule has 0 aromatic heterocycles. The van der Waals surface area contributed by atoms with Crippen LogP contribution in [0.3, 0.4) is 0 Å². The number of hydrogen-bond acceptors (Lipinski definition) is 4. The number of anilines is 1. The first-order chi connectivity index (χ1) is 15.4. The van der Waals surface area contributed by atoms with Gasteiger partial charge >= 0.3 is 0 Å². The molecule has 1 unspecified atom stereocenters. The van der Waals surface area contributed by atoms with Crippen LogP contribution in [0.4, 0.5) is 5.69 Å². The van der Waals surface area contributed by atoms with Crippen LogP contribution < -0.4 is 14.4 Å². The van der Waals surface area contributed by atoms with E-state index < -0.39 is 0 Å². The van der Waals surface area contributed by atoms with Crippen molar-refractivity contribution in [3.8, 4) is 11.5 Å². The lowest BCUT2D eigenvalue weighted by Gasteiger charge is -2.29. The van der Waals surface area contributed by atoms with Crippen molar-refractivity contribution in [3.05, 3.63) is 53.1 Å². The molecule has 2 aliphatic carbocycles. The minimum absolute atomic E-state index is 0.0705. The second-order valence-electron chi connectivity index (χ2n) is 9.81. The van der Waals surface area contributed by atoms with E-state index in [1.165, 1.54) is 43.4 Å². The number of fused-ring (bicyclic) bond motifs is 1. The van der Waals surface area contributed by atoms with E-state index in [-0.39, 0.29) is 17.8 Å². The molecule has 0 radical (unpaired) electrons. The van der Waals surface area contributed by atoms with Crippen LogP contribution in [0.25, 0.3) is 0 Å². The Balaban J connectivity index is 1.49. The minimum atomic E-state index is -0.0968. The maximum atomic E-state index is 13.0. The van der Waals surface area contributed by atoms with E-state index in [4.69, 9.17) is 9.47 Å². The summed E-state index contributed by atoms with van der Waals surface area (Å²) >= 11 is 0. The van der Waals surface area contributed by atoms with Gasteiger partial charge in [0.15, 0.2) is 11.5 Å². The number of rotatable bonds is 7. The Morgan fingerprint density at radius 1 is 1.00 bits per heavy atom. The first-order valence-corrected chi connectivity index (χ1v) is 12.1. The van der Waals surface area contributed by atoms with Gasteiger partial charge in [0.1, 0.15) is 5.78 Å². The number of Topliss-reactive ketones (excluding diaryl/α,β-unsaturated/α-hetero) is 1. The molecule has 0 bridgehead atoms. The number of hydrogen-bond donors (Lipinski definition) is 0. The predicted octanol–water partition coefficient (Wildman–Crippen LogP) is 5.95. The molecule has 2 aromatic rings. The van der Waals surface area contributed by atoms with Gasteiger partial charge in [-0.3, -0.25) is 4.79 Å². The normalized spacial score (nSPS) is 19.0. The van der Waals surface area contributed by atoms with Gasteiger partial charge in [0.2, 0.25) is 0 Å². The zero-order valence-electron chi connectivity index (χ0n) is 20.0. The number of methoxy groups -OCH3 is 1. The summed E-state index contributed by atoms with van der Waals surface area (Å²) in [5.74, 6) is 2.45. The molecule has 2 aliphatic rings. The predicted molar refractivity (Wildman–Crippen MR) is 130 cm³/mol. The van der Waals surface area contributed by atoms with Crippen molar-refractivity contribution >= 4 is 11.5 Å². The number of carbonyl (C=O) groups is 1. The molecule has 0 aliphatic heterocycles. The van der Waals surface area contributed by atoms with Crippen LogP contribution >= 0.6 is 0 Å². The average Bonchev–Trinajstić information content (AvgIpc) is 2.79. The van der Waals surface area contributed by atoms with Gasteiger partial charge in [0.05, 0.1) is 13.2 Å². The molecule has 0 amide bonds. The summed E-state index contributed by atoms with van der Waals surface area (Å²) in [7, 11) is 3.84. The van der Waals surface area contributed by atoms with Gasteiger partial charge in [-0.05, 0) is 80.0 Å². The highest BCUT2D eigenvalue weighted by Gasteiger charge is 2.29. The van der Waals surface area contributed by atoms with Crippen LogP contribution in [0.5, 0.6) is 11.5 Å². The number of ketones is 1. The van der Waals surface area contributed by atoms with Crippen molar-refractivity contribution in [3.63, 3.8) is 0 Å². The largest absolute Gasteiger partial charge is 0.493 e. The maximum Gasteiger partial charge on any atom is 0.161 e. The Labute approximate surface area is 192 Å². The summed E-state index contributed by atoms with van der Waals surface area (Å²) in [5, 5.41) is 0. The number of nitrogens with zero attached hydrogens (tertiary/aromatic N) is 1. The molecule has 4 nitrogen and oxygen atoms in total. The van der Waals surface area contributed by atoms with Gasteiger partial charge in [0, 0.05) is 31.6 Å². The molecular weight excluding hydrogens is 398 g/mol. The van der Waals surface area contributed by atoms with Gasteiger partial charge in [-0.25, -0.2) is 0 Å². The average molecular weight is 436 g/mol. The van der Waals surface area contributed by atoms with Crippen molar-refractivity contribution in [2.75, 3.05) is 25.6 Å². The molecule has 0 spiro atoms. The van der Waals surface area contributed by atoms with E-state index >= 15 is 0 Å². The molecule has 1 atom stereocenters. The standard InChI is InChI=1S/C28H37NO3/c1-19(2)32-28-17-22-14-25(26(30)15-23(22)16-27(28)31-4)21-10-12-24(13-11-21)29(3)18-20-8-6-5-7-9-20/h10-13,16-17,19-20,25H,5-9,14-15,18H2,1-4H3. The third-order valence-corrected chi connectivity index (χ3v) is 7.02. The highest BCUT2D eigenvalue weighted by atomic mass is 16.5. The smallest absolute Gasteiger partial charge is 0.161 e. The maximum absolute atomic E-state index is 13.0. The third kappa shape index (κ3) is 5.11. The van der Waals surface area contributed by atoms with Crippen LogP contribution in [0.1, 0.15) is 68.6 Å². The van der Waals surface area contributed by atoms with Gasteiger partial charge in [-0.1, -0.05) is 31.4 Å². The molecule has 172 valence electrons. The molecule has 4 rings (SSSR count). The Morgan fingerprint density at radius 3 is 2.34 bits per heavy atom. The molecule has 2 aromatic carbocycles. The van der Waals surface area contributed by atoms with E-state index in [0.29, 0.717) is 18.6 Å². The monoisotopic (exact) mass is 435 g/mol.